The average molecular weight is 207 g/mol. The summed E-state index contributed by atoms with van der Waals surface area (Å²) >= 11 is 0. The van der Waals surface area contributed by atoms with E-state index in [2.05, 4.69) is 6.92 Å². The van der Waals surface area contributed by atoms with E-state index in [-0.39, 0.29) is 5.91 Å². The van der Waals surface area contributed by atoms with E-state index >= 15 is 0 Å². The number of aromatic nitrogens is 1. The van der Waals surface area contributed by atoms with E-state index in [4.69, 9.17) is 5.73 Å². The molecular formula is C11H17N3O. The van der Waals surface area contributed by atoms with Crippen molar-refractivity contribution in [2.24, 2.45) is 13.0 Å². The lowest BCUT2D eigenvalue weighted by atomic mass is 10.2. The average Bonchev–Trinajstić information content (AvgIpc) is 2.71. The molecule has 2 N–H and O–H groups in total. The molecule has 1 fully saturated rings. The van der Waals surface area contributed by atoms with Gasteiger partial charge in [0.15, 0.2) is 0 Å². The summed E-state index contributed by atoms with van der Waals surface area (Å²) in [4.78, 5) is 14.0. The molecule has 0 aliphatic carbocycles. The Morgan fingerprint density at radius 3 is 2.80 bits per heavy atom. The van der Waals surface area contributed by atoms with Crippen molar-refractivity contribution < 1.29 is 4.79 Å². The Hall–Kier alpha value is -1.45. The molecule has 15 heavy (non-hydrogen) atoms. The largest absolute Gasteiger partial charge is 0.397 e. The van der Waals surface area contributed by atoms with Crippen LogP contribution >= 0.6 is 0 Å². The number of nitrogens with zero attached hydrogens (tertiary/aromatic N) is 2. The van der Waals surface area contributed by atoms with Gasteiger partial charge in [-0.1, -0.05) is 6.92 Å². The van der Waals surface area contributed by atoms with Gasteiger partial charge in [0.1, 0.15) is 5.69 Å². The number of amides is 1. The van der Waals surface area contributed by atoms with E-state index in [9.17, 15) is 4.79 Å². The first-order chi connectivity index (χ1) is 7.08. The minimum absolute atomic E-state index is 0.0959. The Balaban J connectivity index is 2.17. The fourth-order valence-electron chi connectivity index (χ4n) is 2.08. The molecule has 0 radical (unpaired) electrons. The van der Waals surface area contributed by atoms with E-state index in [0.29, 0.717) is 17.3 Å². The van der Waals surface area contributed by atoms with Gasteiger partial charge >= 0.3 is 0 Å². The van der Waals surface area contributed by atoms with Crippen molar-refractivity contribution >= 4 is 11.6 Å². The predicted octanol–water partition coefficient (Wildman–Crippen LogP) is 1.09. The van der Waals surface area contributed by atoms with Crippen molar-refractivity contribution in [1.29, 1.82) is 0 Å². The number of rotatable bonds is 1. The van der Waals surface area contributed by atoms with Crippen LogP contribution in [0.25, 0.3) is 0 Å². The zero-order chi connectivity index (χ0) is 11.0. The molecule has 1 aliphatic heterocycles. The third kappa shape index (κ3) is 1.84. The van der Waals surface area contributed by atoms with Crippen LogP contribution in [0.15, 0.2) is 12.3 Å². The Morgan fingerprint density at radius 1 is 1.60 bits per heavy atom. The van der Waals surface area contributed by atoms with Gasteiger partial charge in [0.25, 0.3) is 5.91 Å². The number of anilines is 1. The molecule has 1 saturated heterocycles. The minimum atomic E-state index is 0.0959. The molecule has 4 heteroatoms. The monoisotopic (exact) mass is 207 g/mol. The van der Waals surface area contributed by atoms with E-state index in [1.807, 2.05) is 11.9 Å². The lowest BCUT2D eigenvalue weighted by Crippen LogP contribution is -2.29. The van der Waals surface area contributed by atoms with E-state index in [0.717, 1.165) is 19.5 Å². The first-order valence-electron chi connectivity index (χ1n) is 5.29. The van der Waals surface area contributed by atoms with E-state index in [1.165, 1.54) is 0 Å². The molecule has 1 aliphatic rings. The van der Waals surface area contributed by atoms with Gasteiger partial charge < -0.3 is 15.2 Å². The molecule has 0 bridgehead atoms. The van der Waals surface area contributed by atoms with Crippen LogP contribution in [-0.4, -0.2) is 28.5 Å². The van der Waals surface area contributed by atoms with Crippen LogP contribution in [0.3, 0.4) is 0 Å². The molecule has 82 valence electrons. The SMILES string of the molecule is CC1CCN(C(=O)c2cc(N)cn2C)C1. The summed E-state index contributed by atoms with van der Waals surface area (Å²) in [5.74, 6) is 0.713. The Kier molecular flexibility index (Phi) is 2.42. The molecule has 0 spiro atoms. The van der Waals surface area contributed by atoms with Gasteiger partial charge in [0, 0.05) is 26.3 Å². The lowest BCUT2D eigenvalue weighted by Gasteiger charge is -2.15. The zero-order valence-electron chi connectivity index (χ0n) is 9.23. The molecule has 1 aromatic rings. The summed E-state index contributed by atoms with van der Waals surface area (Å²) in [5, 5.41) is 0. The smallest absolute Gasteiger partial charge is 0.270 e. The van der Waals surface area contributed by atoms with Gasteiger partial charge in [0.2, 0.25) is 0 Å². The summed E-state index contributed by atoms with van der Waals surface area (Å²) in [6.45, 7) is 3.90. The van der Waals surface area contributed by atoms with E-state index in [1.54, 1.807) is 16.8 Å². The highest BCUT2D eigenvalue weighted by Gasteiger charge is 2.25. The second-order valence-corrected chi connectivity index (χ2v) is 4.41. The molecule has 1 aromatic heterocycles. The molecule has 4 nitrogen and oxygen atoms in total. The molecule has 0 aromatic carbocycles. The second kappa shape index (κ2) is 3.61. The number of nitrogen functional groups attached to an aromatic ring is 1. The standard InChI is InChI=1S/C11H17N3O/c1-8-3-4-14(6-8)11(15)10-5-9(12)7-13(10)2/h5,7-8H,3-4,6,12H2,1-2H3. The molecule has 1 atom stereocenters. The number of likely N-dealkylation sites (tertiary alicyclic amines) is 1. The minimum Gasteiger partial charge on any atom is -0.397 e. The fourth-order valence-corrected chi connectivity index (χ4v) is 2.08. The molecule has 2 heterocycles. The van der Waals surface area contributed by atoms with Crippen LogP contribution in [0.4, 0.5) is 5.69 Å². The third-order valence-corrected chi connectivity index (χ3v) is 2.96. The maximum Gasteiger partial charge on any atom is 0.270 e. The zero-order valence-corrected chi connectivity index (χ0v) is 9.23. The highest BCUT2D eigenvalue weighted by Crippen LogP contribution is 2.19. The van der Waals surface area contributed by atoms with Crippen LogP contribution < -0.4 is 5.73 Å². The van der Waals surface area contributed by atoms with Crippen LogP contribution in [-0.2, 0) is 7.05 Å². The van der Waals surface area contributed by atoms with Crippen molar-refractivity contribution in [2.45, 2.75) is 13.3 Å². The van der Waals surface area contributed by atoms with Crippen LogP contribution in [0, 0.1) is 5.92 Å². The topological polar surface area (TPSA) is 51.3 Å². The Bertz CT molecular complexity index is 383. The van der Waals surface area contributed by atoms with Gasteiger partial charge in [0.05, 0.1) is 5.69 Å². The molecule has 1 amide bonds. The summed E-state index contributed by atoms with van der Waals surface area (Å²) in [6.07, 6.45) is 2.87. The summed E-state index contributed by atoms with van der Waals surface area (Å²) in [6, 6.07) is 1.74. The predicted molar refractivity (Wildman–Crippen MR) is 59.5 cm³/mol. The van der Waals surface area contributed by atoms with Gasteiger partial charge in [-0.05, 0) is 18.4 Å². The number of hydrogen-bond acceptors (Lipinski definition) is 2. The van der Waals surface area contributed by atoms with Gasteiger partial charge in [-0.25, -0.2) is 0 Å². The van der Waals surface area contributed by atoms with Gasteiger partial charge in [-0.2, -0.15) is 0 Å². The first kappa shape index (κ1) is 10.1. The Labute approximate surface area is 89.7 Å². The number of carbonyl (C=O) groups excluding carboxylic acids is 1. The number of carbonyl (C=O) groups is 1. The molecule has 1 unspecified atom stereocenters. The van der Waals surface area contributed by atoms with Crippen molar-refractivity contribution in [3.63, 3.8) is 0 Å². The summed E-state index contributed by atoms with van der Waals surface area (Å²) in [7, 11) is 1.85. The van der Waals surface area contributed by atoms with Crippen molar-refractivity contribution in [1.82, 2.24) is 9.47 Å². The van der Waals surface area contributed by atoms with Crippen molar-refractivity contribution in [3.8, 4) is 0 Å². The third-order valence-electron chi connectivity index (χ3n) is 2.96. The Morgan fingerprint density at radius 2 is 2.33 bits per heavy atom. The van der Waals surface area contributed by atoms with Crippen LogP contribution in [0.5, 0.6) is 0 Å². The molecular weight excluding hydrogens is 190 g/mol. The normalized spacial score (nSPS) is 20.9. The fraction of sp³-hybridized carbons (Fsp3) is 0.545. The van der Waals surface area contributed by atoms with Crippen molar-refractivity contribution in [2.75, 3.05) is 18.8 Å². The number of nitrogens with two attached hydrogens (primary N) is 1. The first-order valence-corrected chi connectivity index (χ1v) is 5.29. The highest BCUT2D eigenvalue weighted by molar-refractivity contribution is 5.94. The van der Waals surface area contributed by atoms with Gasteiger partial charge in [-0.15, -0.1) is 0 Å². The van der Waals surface area contributed by atoms with Crippen molar-refractivity contribution in [3.05, 3.63) is 18.0 Å². The lowest BCUT2D eigenvalue weighted by molar-refractivity contribution is 0.0778. The highest BCUT2D eigenvalue weighted by atomic mass is 16.2. The number of hydrogen-bond donors (Lipinski definition) is 1. The number of aryl methyl sites for hydroxylation is 1. The van der Waals surface area contributed by atoms with Crippen LogP contribution in [0.2, 0.25) is 0 Å². The summed E-state index contributed by atoms with van der Waals surface area (Å²) < 4.78 is 1.79. The van der Waals surface area contributed by atoms with Crippen LogP contribution in [0.1, 0.15) is 23.8 Å². The maximum absolute atomic E-state index is 12.1. The molecule has 0 saturated carbocycles. The van der Waals surface area contributed by atoms with E-state index < -0.39 is 0 Å². The molecule has 2 rings (SSSR count). The maximum atomic E-state index is 12.1. The van der Waals surface area contributed by atoms with Gasteiger partial charge in [-0.3, -0.25) is 4.79 Å². The second-order valence-electron chi connectivity index (χ2n) is 4.41. The quantitative estimate of drug-likeness (QED) is 0.749. The summed E-state index contributed by atoms with van der Waals surface area (Å²) in [5.41, 5.74) is 6.98.